The lowest BCUT2D eigenvalue weighted by molar-refractivity contribution is -0.220. The predicted octanol–water partition coefficient (Wildman–Crippen LogP) is 9.67. The summed E-state index contributed by atoms with van der Waals surface area (Å²) < 4.78 is 33.5. The largest absolute Gasteiger partial charge is 0.472 e. The molecular weight excluding hydrogens is 791 g/mol. The van der Waals surface area contributed by atoms with E-state index in [1.807, 2.05) is 0 Å². The molecule has 14 heteroatoms. The third-order valence-electron chi connectivity index (χ3n) is 11.7. The van der Waals surface area contributed by atoms with Gasteiger partial charge in [-0.15, -0.1) is 0 Å². The highest BCUT2D eigenvalue weighted by Gasteiger charge is 2.51. The molecule has 60 heavy (non-hydrogen) atoms. The molecular formula is C46H89O13P. The monoisotopic (exact) mass is 881 g/mol. The van der Waals surface area contributed by atoms with E-state index in [9.17, 15) is 44.6 Å². The van der Waals surface area contributed by atoms with E-state index < -0.39 is 75.7 Å². The molecule has 356 valence electrons. The molecule has 6 atom stereocenters. The van der Waals surface area contributed by atoms with Crippen molar-refractivity contribution < 1.29 is 63.1 Å². The van der Waals surface area contributed by atoms with Crippen molar-refractivity contribution in [3.8, 4) is 0 Å². The number of carbonyl (C=O) groups excluding carboxylic acids is 2. The van der Waals surface area contributed by atoms with Crippen LogP contribution in [0.15, 0.2) is 0 Å². The SMILES string of the molecule is CCCCCCCCCCCCCCCCCCCCCCCC(=O)OC(COC(=O)CCCCCCCCCCCC)COP(=O)(O)OC1C(O)C(O)C(O)C(O)C1O. The van der Waals surface area contributed by atoms with E-state index in [-0.39, 0.29) is 12.8 Å². The molecule has 0 heterocycles. The minimum absolute atomic E-state index is 0.105. The lowest BCUT2D eigenvalue weighted by Gasteiger charge is -2.41. The molecule has 1 fully saturated rings. The van der Waals surface area contributed by atoms with Crippen LogP contribution >= 0.6 is 7.82 Å². The molecule has 0 aliphatic heterocycles. The summed E-state index contributed by atoms with van der Waals surface area (Å²) in [5.74, 6) is -1.09. The van der Waals surface area contributed by atoms with Gasteiger partial charge in [-0.25, -0.2) is 4.57 Å². The van der Waals surface area contributed by atoms with Gasteiger partial charge in [0.25, 0.3) is 0 Å². The summed E-state index contributed by atoms with van der Waals surface area (Å²) in [6.45, 7) is 3.31. The molecule has 0 aromatic carbocycles. The fraction of sp³-hybridized carbons (Fsp3) is 0.957. The van der Waals surface area contributed by atoms with Crippen molar-refractivity contribution in [3.05, 3.63) is 0 Å². The molecule has 1 rings (SSSR count). The normalized spacial score (nSPS) is 22.1. The van der Waals surface area contributed by atoms with E-state index >= 15 is 0 Å². The molecule has 0 amide bonds. The van der Waals surface area contributed by atoms with Crippen molar-refractivity contribution in [2.45, 2.75) is 268 Å². The summed E-state index contributed by atoms with van der Waals surface area (Å²) in [6.07, 6.45) is 24.6. The predicted molar refractivity (Wildman–Crippen MR) is 235 cm³/mol. The molecule has 6 N–H and O–H groups in total. The minimum Gasteiger partial charge on any atom is -0.462 e. The van der Waals surface area contributed by atoms with Crippen LogP contribution in [0.1, 0.15) is 226 Å². The van der Waals surface area contributed by atoms with Crippen molar-refractivity contribution >= 4 is 19.8 Å². The van der Waals surface area contributed by atoms with Gasteiger partial charge in [-0.1, -0.05) is 200 Å². The van der Waals surface area contributed by atoms with Gasteiger partial charge in [0.05, 0.1) is 6.61 Å². The summed E-state index contributed by atoms with van der Waals surface area (Å²) in [4.78, 5) is 35.6. The van der Waals surface area contributed by atoms with E-state index in [1.165, 1.54) is 148 Å². The Morgan fingerprint density at radius 3 is 1.10 bits per heavy atom. The number of hydrogen-bond donors (Lipinski definition) is 6. The van der Waals surface area contributed by atoms with E-state index in [0.29, 0.717) is 12.8 Å². The zero-order valence-electron chi connectivity index (χ0n) is 37.8. The number of esters is 2. The van der Waals surface area contributed by atoms with Gasteiger partial charge >= 0.3 is 19.8 Å². The molecule has 0 spiro atoms. The molecule has 0 saturated heterocycles. The molecule has 0 bridgehead atoms. The summed E-state index contributed by atoms with van der Waals surface area (Å²) in [7, 11) is -5.11. The quantitative estimate of drug-likeness (QED) is 0.0192. The first-order chi connectivity index (χ1) is 28.9. The maximum absolute atomic E-state index is 12.8. The van der Waals surface area contributed by atoms with Gasteiger partial charge in [-0.2, -0.15) is 0 Å². The van der Waals surface area contributed by atoms with E-state index in [4.69, 9.17) is 18.5 Å². The van der Waals surface area contributed by atoms with Gasteiger partial charge in [0.15, 0.2) is 6.10 Å². The minimum atomic E-state index is -5.11. The van der Waals surface area contributed by atoms with Gasteiger partial charge in [0.1, 0.15) is 43.2 Å². The lowest BCUT2D eigenvalue weighted by Crippen LogP contribution is -2.64. The van der Waals surface area contributed by atoms with Crippen LogP contribution in [0.4, 0.5) is 0 Å². The lowest BCUT2D eigenvalue weighted by atomic mass is 9.85. The first-order valence-corrected chi connectivity index (χ1v) is 25.8. The molecule has 1 aliphatic rings. The topological polar surface area (TPSA) is 210 Å². The average Bonchev–Trinajstić information content (AvgIpc) is 3.23. The van der Waals surface area contributed by atoms with Crippen LogP contribution in [0.3, 0.4) is 0 Å². The van der Waals surface area contributed by atoms with Crippen molar-refractivity contribution in [1.82, 2.24) is 0 Å². The molecule has 0 aromatic heterocycles. The summed E-state index contributed by atoms with van der Waals surface area (Å²) in [5, 5.41) is 50.1. The second-order valence-corrected chi connectivity index (χ2v) is 18.7. The fourth-order valence-corrected chi connectivity index (χ4v) is 8.73. The van der Waals surface area contributed by atoms with Gasteiger partial charge in [0, 0.05) is 12.8 Å². The van der Waals surface area contributed by atoms with Crippen LogP contribution in [-0.4, -0.2) is 98.3 Å². The maximum atomic E-state index is 12.8. The zero-order chi connectivity index (χ0) is 44.3. The van der Waals surface area contributed by atoms with E-state index in [2.05, 4.69) is 13.8 Å². The number of phosphoric ester groups is 1. The van der Waals surface area contributed by atoms with Crippen molar-refractivity contribution in [2.24, 2.45) is 0 Å². The maximum Gasteiger partial charge on any atom is 0.472 e. The number of aliphatic hydroxyl groups excluding tert-OH is 5. The Hall–Kier alpha value is -1.15. The van der Waals surface area contributed by atoms with Crippen LogP contribution < -0.4 is 0 Å². The third kappa shape index (κ3) is 29.3. The molecule has 1 saturated carbocycles. The number of unbranched alkanes of at least 4 members (excludes halogenated alkanes) is 29. The van der Waals surface area contributed by atoms with E-state index in [1.54, 1.807) is 0 Å². The Morgan fingerprint density at radius 1 is 0.450 bits per heavy atom. The van der Waals surface area contributed by atoms with Crippen molar-refractivity contribution in [3.63, 3.8) is 0 Å². The highest BCUT2D eigenvalue weighted by atomic mass is 31.2. The molecule has 13 nitrogen and oxygen atoms in total. The Kier molecular flexibility index (Phi) is 35.3. The Labute approximate surface area is 363 Å². The van der Waals surface area contributed by atoms with Gasteiger partial charge in [-0.05, 0) is 12.8 Å². The summed E-state index contributed by atoms with van der Waals surface area (Å²) >= 11 is 0. The number of phosphoric acid groups is 1. The Balaban J connectivity index is 2.36. The zero-order valence-corrected chi connectivity index (χ0v) is 38.7. The number of hydrogen-bond acceptors (Lipinski definition) is 12. The molecule has 0 radical (unpaired) electrons. The van der Waals surface area contributed by atoms with Gasteiger partial charge in [-0.3, -0.25) is 18.6 Å². The van der Waals surface area contributed by atoms with Crippen LogP contribution in [-0.2, 0) is 32.7 Å². The Bertz CT molecular complexity index is 1060. The first kappa shape index (κ1) is 56.9. The molecule has 1 aliphatic carbocycles. The molecule has 6 unspecified atom stereocenters. The van der Waals surface area contributed by atoms with Crippen molar-refractivity contribution in [2.75, 3.05) is 13.2 Å². The van der Waals surface area contributed by atoms with Crippen LogP contribution in [0.25, 0.3) is 0 Å². The summed E-state index contributed by atoms with van der Waals surface area (Å²) in [6, 6.07) is 0. The highest BCUT2D eigenvalue weighted by Crippen LogP contribution is 2.47. The standard InChI is InChI=1S/C46H89O13P/c1-3-5-7-9-11-13-15-16-17-18-19-20-21-22-23-24-25-27-29-31-33-35-40(48)58-38(36-56-39(47)34-32-30-28-26-14-12-10-8-6-4-2)37-57-60(54,55)59-46-44(52)42(50)41(49)43(51)45(46)53/h38,41-46,49-53H,3-37H2,1-2H3,(H,54,55). The Morgan fingerprint density at radius 2 is 0.750 bits per heavy atom. The van der Waals surface area contributed by atoms with Crippen LogP contribution in [0.5, 0.6) is 0 Å². The van der Waals surface area contributed by atoms with Crippen molar-refractivity contribution in [1.29, 1.82) is 0 Å². The second-order valence-electron chi connectivity index (χ2n) is 17.3. The summed E-state index contributed by atoms with van der Waals surface area (Å²) in [5.41, 5.74) is 0. The van der Waals surface area contributed by atoms with E-state index in [0.717, 1.165) is 38.5 Å². The first-order valence-electron chi connectivity index (χ1n) is 24.3. The van der Waals surface area contributed by atoms with Gasteiger partial charge in [0.2, 0.25) is 0 Å². The smallest absolute Gasteiger partial charge is 0.462 e. The number of rotatable bonds is 41. The van der Waals surface area contributed by atoms with Crippen LogP contribution in [0.2, 0.25) is 0 Å². The fourth-order valence-electron chi connectivity index (χ4n) is 7.76. The average molecular weight is 881 g/mol. The number of carbonyl (C=O) groups is 2. The molecule has 0 aromatic rings. The second kappa shape index (κ2) is 37.2. The van der Waals surface area contributed by atoms with Crippen LogP contribution in [0, 0.1) is 0 Å². The number of ether oxygens (including phenoxy) is 2. The number of aliphatic hydroxyl groups is 5. The third-order valence-corrected chi connectivity index (χ3v) is 12.7. The van der Waals surface area contributed by atoms with Gasteiger partial charge < -0.3 is 39.9 Å². The highest BCUT2D eigenvalue weighted by molar-refractivity contribution is 7.47.